The molecule has 1 aromatic carbocycles. The van der Waals surface area contributed by atoms with E-state index in [4.69, 9.17) is 32.2 Å². The van der Waals surface area contributed by atoms with Crippen LogP contribution >= 0.6 is 12.2 Å². The number of benzene rings is 1. The lowest BCUT2D eigenvalue weighted by Gasteiger charge is -2.09. The minimum Gasteiger partial charge on any atom is -0.489 e. The number of hydrogen-bond donors (Lipinski definition) is 1. The summed E-state index contributed by atoms with van der Waals surface area (Å²) in [5.74, 6) is 2.10. The van der Waals surface area contributed by atoms with Crippen molar-refractivity contribution in [1.82, 2.24) is 4.98 Å². The highest BCUT2D eigenvalue weighted by Gasteiger charge is 2.14. The maximum absolute atomic E-state index is 5.72. The molecule has 5 nitrogen and oxygen atoms in total. The first-order valence-corrected chi connectivity index (χ1v) is 6.41. The van der Waals surface area contributed by atoms with Gasteiger partial charge in [-0.3, -0.25) is 4.98 Å². The van der Waals surface area contributed by atoms with Gasteiger partial charge in [-0.05, 0) is 18.2 Å². The normalized spacial score (nSPS) is 12.2. The van der Waals surface area contributed by atoms with Crippen molar-refractivity contribution in [3.63, 3.8) is 0 Å². The van der Waals surface area contributed by atoms with Crippen molar-refractivity contribution in [2.45, 2.75) is 6.61 Å². The van der Waals surface area contributed by atoms with Gasteiger partial charge in [-0.1, -0.05) is 18.3 Å². The van der Waals surface area contributed by atoms with Crippen LogP contribution in [-0.2, 0) is 6.61 Å². The van der Waals surface area contributed by atoms with E-state index in [-0.39, 0.29) is 11.8 Å². The lowest BCUT2D eigenvalue weighted by Crippen LogP contribution is -2.15. The van der Waals surface area contributed by atoms with Gasteiger partial charge in [0.25, 0.3) is 0 Å². The summed E-state index contributed by atoms with van der Waals surface area (Å²) in [7, 11) is 0. The molecule has 2 heterocycles. The molecule has 1 aliphatic heterocycles. The molecule has 0 fully saturated rings. The highest BCUT2D eigenvalue weighted by atomic mass is 32.1. The van der Waals surface area contributed by atoms with Crippen LogP contribution in [0.1, 0.15) is 11.3 Å². The lowest BCUT2D eigenvalue weighted by atomic mass is 10.2. The van der Waals surface area contributed by atoms with Crippen molar-refractivity contribution < 1.29 is 14.2 Å². The Hall–Kier alpha value is -2.34. The van der Waals surface area contributed by atoms with E-state index in [9.17, 15) is 0 Å². The van der Waals surface area contributed by atoms with Crippen LogP contribution in [0.2, 0.25) is 0 Å². The van der Waals surface area contributed by atoms with Crippen molar-refractivity contribution >= 4 is 17.2 Å². The number of thiocarbonyl (C=S) groups is 1. The first-order chi connectivity index (χ1) is 9.74. The molecule has 1 aromatic heterocycles. The molecular formula is C14H12N2O3S. The second-order valence-electron chi connectivity index (χ2n) is 4.18. The molecule has 0 saturated carbocycles. The molecule has 2 aromatic rings. The molecule has 20 heavy (non-hydrogen) atoms. The molecule has 2 N–H and O–H groups in total. The summed E-state index contributed by atoms with van der Waals surface area (Å²) in [6.07, 6.45) is 1.65. The van der Waals surface area contributed by atoms with Crippen LogP contribution in [0.3, 0.4) is 0 Å². The topological polar surface area (TPSA) is 66.6 Å². The van der Waals surface area contributed by atoms with Crippen molar-refractivity contribution in [1.29, 1.82) is 0 Å². The van der Waals surface area contributed by atoms with E-state index in [2.05, 4.69) is 4.98 Å². The fourth-order valence-electron chi connectivity index (χ4n) is 1.90. The van der Waals surface area contributed by atoms with Crippen molar-refractivity contribution in [2.24, 2.45) is 5.73 Å². The summed E-state index contributed by atoms with van der Waals surface area (Å²) in [4.78, 5) is 4.42. The van der Waals surface area contributed by atoms with Gasteiger partial charge in [0.05, 0.1) is 0 Å². The predicted octanol–water partition coefficient (Wildman–Crippen LogP) is 2.02. The Morgan fingerprint density at radius 2 is 2.15 bits per heavy atom. The average Bonchev–Trinajstić information content (AvgIpc) is 2.92. The van der Waals surface area contributed by atoms with Gasteiger partial charge in [0, 0.05) is 17.8 Å². The predicted molar refractivity (Wildman–Crippen MR) is 77.0 cm³/mol. The first-order valence-electron chi connectivity index (χ1n) is 6.00. The molecule has 0 spiro atoms. The standard InChI is InChI=1S/C14H12N2O3S/c15-14(20)13-9(2-1-5-16-13)7-17-10-3-4-11-12(6-10)19-8-18-11/h1-6H,7-8H2,(H2,15,20). The van der Waals surface area contributed by atoms with Crippen LogP contribution in [0.4, 0.5) is 0 Å². The Morgan fingerprint density at radius 3 is 3.00 bits per heavy atom. The van der Waals surface area contributed by atoms with E-state index in [1.807, 2.05) is 24.3 Å². The largest absolute Gasteiger partial charge is 0.489 e. The highest BCUT2D eigenvalue weighted by molar-refractivity contribution is 7.80. The van der Waals surface area contributed by atoms with Crippen molar-refractivity contribution in [3.05, 3.63) is 47.8 Å². The Kier molecular flexibility index (Phi) is 3.39. The number of nitrogens with two attached hydrogens (primary N) is 1. The number of fused-ring (bicyclic) bond motifs is 1. The van der Waals surface area contributed by atoms with E-state index in [0.29, 0.717) is 23.8 Å². The van der Waals surface area contributed by atoms with E-state index in [1.54, 1.807) is 12.3 Å². The quantitative estimate of drug-likeness (QED) is 0.868. The van der Waals surface area contributed by atoms with Crippen LogP contribution in [0.25, 0.3) is 0 Å². The third-order valence-corrected chi connectivity index (χ3v) is 3.06. The lowest BCUT2D eigenvalue weighted by molar-refractivity contribution is 0.173. The fourth-order valence-corrected chi connectivity index (χ4v) is 2.09. The van der Waals surface area contributed by atoms with Gasteiger partial charge < -0.3 is 19.9 Å². The zero-order valence-corrected chi connectivity index (χ0v) is 11.4. The van der Waals surface area contributed by atoms with Gasteiger partial charge in [-0.2, -0.15) is 0 Å². The van der Waals surface area contributed by atoms with E-state index >= 15 is 0 Å². The molecular weight excluding hydrogens is 276 g/mol. The second-order valence-corrected chi connectivity index (χ2v) is 4.62. The maximum atomic E-state index is 5.72. The molecule has 0 bridgehead atoms. The minimum absolute atomic E-state index is 0.243. The molecule has 0 amide bonds. The molecule has 0 atom stereocenters. The first kappa shape index (κ1) is 12.7. The molecule has 0 radical (unpaired) electrons. The van der Waals surface area contributed by atoms with Gasteiger partial charge in [0.2, 0.25) is 6.79 Å². The SMILES string of the molecule is NC(=S)c1ncccc1COc1ccc2c(c1)OCO2. The summed E-state index contributed by atoms with van der Waals surface area (Å²) < 4.78 is 16.3. The number of nitrogens with zero attached hydrogens (tertiary/aromatic N) is 1. The highest BCUT2D eigenvalue weighted by Crippen LogP contribution is 2.35. The third kappa shape index (κ3) is 2.50. The van der Waals surface area contributed by atoms with Gasteiger partial charge in [0.1, 0.15) is 23.0 Å². The van der Waals surface area contributed by atoms with Gasteiger partial charge in [0.15, 0.2) is 11.5 Å². The number of pyridine rings is 1. The van der Waals surface area contributed by atoms with Crippen LogP contribution in [-0.4, -0.2) is 16.8 Å². The Labute approximate surface area is 121 Å². The summed E-state index contributed by atoms with van der Waals surface area (Å²) in [6.45, 7) is 0.577. The van der Waals surface area contributed by atoms with Gasteiger partial charge >= 0.3 is 0 Å². The van der Waals surface area contributed by atoms with E-state index in [0.717, 1.165) is 11.3 Å². The fraction of sp³-hybridized carbons (Fsp3) is 0.143. The number of rotatable bonds is 4. The molecule has 0 unspecified atom stereocenters. The summed E-state index contributed by atoms with van der Waals surface area (Å²) in [5.41, 5.74) is 7.07. The van der Waals surface area contributed by atoms with Crippen molar-refractivity contribution in [3.8, 4) is 17.2 Å². The Balaban J connectivity index is 1.75. The maximum Gasteiger partial charge on any atom is 0.231 e. The Morgan fingerprint density at radius 1 is 1.30 bits per heavy atom. The van der Waals surface area contributed by atoms with Crippen LogP contribution in [0.5, 0.6) is 17.2 Å². The second kappa shape index (κ2) is 5.34. The summed E-state index contributed by atoms with van der Waals surface area (Å²) in [5, 5.41) is 0. The van der Waals surface area contributed by atoms with Gasteiger partial charge in [-0.25, -0.2) is 0 Å². The minimum atomic E-state index is 0.243. The summed E-state index contributed by atoms with van der Waals surface area (Å²) in [6, 6.07) is 9.13. The molecule has 6 heteroatoms. The Bertz CT molecular complexity index is 661. The summed E-state index contributed by atoms with van der Waals surface area (Å²) >= 11 is 4.97. The van der Waals surface area contributed by atoms with Gasteiger partial charge in [-0.15, -0.1) is 0 Å². The molecule has 3 rings (SSSR count). The molecule has 0 aliphatic carbocycles. The van der Waals surface area contributed by atoms with Crippen LogP contribution in [0.15, 0.2) is 36.5 Å². The molecule has 1 aliphatic rings. The monoisotopic (exact) mass is 288 g/mol. The number of hydrogen-bond acceptors (Lipinski definition) is 5. The van der Waals surface area contributed by atoms with Crippen LogP contribution < -0.4 is 19.9 Å². The zero-order chi connectivity index (χ0) is 13.9. The van der Waals surface area contributed by atoms with Crippen LogP contribution in [0, 0.1) is 0 Å². The zero-order valence-electron chi connectivity index (χ0n) is 10.5. The smallest absolute Gasteiger partial charge is 0.231 e. The van der Waals surface area contributed by atoms with Crippen molar-refractivity contribution in [2.75, 3.05) is 6.79 Å². The molecule has 0 saturated heterocycles. The number of aromatic nitrogens is 1. The van der Waals surface area contributed by atoms with E-state index < -0.39 is 0 Å². The average molecular weight is 288 g/mol. The van der Waals surface area contributed by atoms with E-state index in [1.165, 1.54) is 0 Å². The molecule has 102 valence electrons. The number of ether oxygens (including phenoxy) is 3. The third-order valence-electron chi connectivity index (χ3n) is 2.86.